The van der Waals surface area contributed by atoms with Crippen LogP contribution in [0.3, 0.4) is 0 Å². The number of carbonyl (C=O) groups is 1. The average Bonchev–Trinajstić information content (AvgIpc) is 3.09. The highest BCUT2D eigenvalue weighted by Gasteiger charge is 2.29. The third kappa shape index (κ3) is 6.59. The molecule has 1 heterocycles. The highest BCUT2D eigenvalue weighted by molar-refractivity contribution is 5.81. The highest BCUT2D eigenvalue weighted by atomic mass is 19.1. The molecule has 0 radical (unpaired) electrons. The fourth-order valence-electron chi connectivity index (χ4n) is 3.50. The van der Waals surface area contributed by atoms with Crippen LogP contribution >= 0.6 is 0 Å². The molecule has 2 N–H and O–H groups in total. The second-order valence-corrected chi connectivity index (χ2v) is 7.35. The van der Waals surface area contributed by atoms with Gasteiger partial charge in [0.05, 0.1) is 6.54 Å². The summed E-state index contributed by atoms with van der Waals surface area (Å²) in [6, 6.07) is 16.7. The van der Waals surface area contributed by atoms with Crippen molar-refractivity contribution in [2.45, 2.75) is 26.3 Å². The van der Waals surface area contributed by atoms with Crippen molar-refractivity contribution in [3.05, 3.63) is 71.5 Å². The molecule has 0 aliphatic carbocycles. The summed E-state index contributed by atoms with van der Waals surface area (Å²) in [4.78, 5) is 18.8. The number of amides is 1. The molecule has 0 aromatic heterocycles. The molecular formula is C23H29FN4O. The van der Waals surface area contributed by atoms with Crippen molar-refractivity contribution in [1.82, 2.24) is 15.5 Å². The molecule has 3 rings (SSSR count). The van der Waals surface area contributed by atoms with E-state index in [0.29, 0.717) is 25.5 Å². The van der Waals surface area contributed by atoms with E-state index in [4.69, 9.17) is 0 Å². The number of carbonyl (C=O) groups excluding carboxylic acids is 1. The first-order valence-electron chi connectivity index (χ1n) is 10.2. The number of likely N-dealkylation sites (tertiary alicyclic amines) is 1. The number of guanidine groups is 1. The van der Waals surface area contributed by atoms with Gasteiger partial charge in [-0.3, -0.25) is 4.79 Å². The van der Waals surface area contributed by atoms with E-state index < -0.39 is 0 Å². The number of halogens is 1. The van der Waals surface area contributed by atoms with Crippen molar-refractivity contribution in [3.8, 4) is 0 Å². The van der Waals surface area contributed by atoms with Gasteiger partial charge in [-0.2, -0.15) is 0 Å². The van der Waals surface area contributed by atoms with Crippen molar-refractivity contribution in [2.24, 2.45) is 10.9 Å². The molecule has 6 heteroatoms. The Kier molecular flexibility index (Phi) is 7.61. The Labute approximate surface area is 172 Å². The largest absolute Gasteiger partial charge is 0.357 e. The quantitative estimate of drug-likeness (QED) is 0.533. The van der Waals surface area contributed by atoms with E-state index in [1.54, 1.807) is 6.07 Å². The lowest BCUT2D eigenvalue weighted by atomic mass is 10.1. The summed E-state index contributed by atoms with van der Waals surface area (Å²) in [5.74, 6) is 0.911. The lowest BCUT2D eigenvalue weighted by Gasteiger charge is -2.18. The van der Waals surface area contributed by atoms with Crippen LogP contribution in [0.15, 0.2) is 59.6 Å². The molecule has 2 aromatic rings. The zero-order valence-corrected chi connectivity index (χ0v) is 16.9. The minimum Gasteiger partial charge on any atom is -0.357 e. The minimum atomic E-state index is -0.254. The van der Waals surface area contributed by atoms with Crippen LogP contribution in [0.4, 0.5) is 4.39 Å². The number of rotatable bonds is 8. The maximum Gasteiger partial charge on any atom is 0.223 e. The van der Waals surface area contributed by atoms with Gasteiger partial charge in [0.25, 0.3) is 0 Å². The average molecular weight is 397 g/mol. The van der Waals surface area contributed by atoms with Crippen LogP contribution in [0.1, 0.15) is 24.5 Å². The van der Waals surface area contributed by atoms with Gasteiger partial charge in [-0.1, -0.05) is 42.5 Å². The zero-order chi connectivity index (χ0) is 20.5. The van der Waals surface area contributed by atoms with Gasteiger partial charge in [0.2, 0.25) is 5.91 Å². The van der Waals surface area contributed by atoms with Crippen molar-refractivity contribution < 1.29 is 9.18 Å². The lowest BCUT2D eigenvalue weighted by Crippen LogP contribution is -2.40. The van der Waals surface area contributed by atoms with Gasteiger partial charge in [0, 0.05) is 38.5 Å². The Hall–Kier alpha value is -2.89. The van der Waals surface area contributed by atoms with E-state index in [-0.39, 0.29) is 17.6 Å². The molecule has 154 valence electrons. The molecule has 2 aromatic carbocycles. The van der Waals surface area contributed by atoms with Crippen molar-refractivity contribution in [2.75, 3.05) is 26.2 Å². The zero-order valence-electron chi connectivity index (χ0n) is 16.9. The standard InChI is InChI=1S/C23H29FN4O/c1-2-25-23(26-15-19-9-6-10-21(24)13-19)27-16-20-14-22(29)28(17-20)12-11-18-7-4-3-5-8-18/h3-10,13,20H,2,11-12,14-17H2,1H3,(H2,25,26,27). The summed E-state index contributed by atoms with van der Waals surface area (Å²) in [6.45, 7) is 5.35. The minimum absolute atomic E-state index is 0.217. The van der Waals surface area contributed by atoms with E-state index in [1.165, 1.54) is 17.7 Å². The monoisotopic (exact) mass is 396 g/mol. The third-order valence-corrected chi connectivity index (χ3v) is 5.02. The summed E-state index contributed by atoms with van der Waals surface area (Å²) in [6.07, 6.45) is 1.44. The van der Waals surface area contributed by atoms with Crippen molar-refractivity contribution in [3.63, 3.8) is 0 Å². The predicted molar refractivity (Wildman–Crippen MR) is 114 cm³/mol. The number of nitrogens with one attached hydrogen (secondary N) is 2. The Bertz CT molecular complexity index is 825. The van der Waals surface area contributed by atoms with Gasteiger partial charge < -0.3 is 15.5 Å². The Morgan fingerprint density at radius 2 is 1.93 bits per heavy atom. The molecular weight excluding hydrogens is 367 g/mol. The Morgan fingerprint density at radius 1 is 1.14 bits per heavy atom. The maximum atomic E-state index is 13.3. The molecule has 29 heavy (non-hydrogen) atoms. The normalized spacial score (nSPS) is 16.9. The Morgan fingerprint density at radius 3 is 2.69 bits per heavy atom. The molecule has 1 fully saturated rings. The second kappa shape index (κ2) is 10.6. The van der Waals surface area contributed by atoms with Gasteiger partial charge >= 0.3 is 0 Å². The first-order chi connectivity index (χ1) is 14.1. The smallest absolute Gasteiger partial charge is 0.223 e. The van der Waals surface area contributed by atoms with Crippen molar-refractivity contribution >= 4 is 11.9 Å². The highest BCUT2D eigenvalue weighted by Crippen LogP contribution is 2.17. The molecule has 1 aliphatic rings. The van der Waals surface area contributed by atoms with Gasteiger partial charge in [-0.25, -0.2) is 9.38 Å². The molecule has 5 nitrogen and oxygen atoms in total. The molecule has 0 saturated carbocycles. The van der Waals surface area contributed by atoms with Crippen LogP contribution in [0.2, 0.25) is 0 Å². The molecule has 1 amide bonds. The van der Waals surface area contributed by atoms with E-state index in [0.717, 1.165) is 31.6 Å². The first-order valence-corrected chi connectivity index (χ1v) is 10.2. The van der Waals surface area contributed by atoms with E-state index >= 15 is 0 Å². The third-order valence-electron chi connectivity index (χ3n) is 5.02. The number of hydrogen-bond acceptors (Lipinski definition) is 2. The van der Waals surface area contributed by atoms with E-state index in [2.05, 4.69) is 27.8 Å². The SMILES string of the molecule is CCNC(=NCc1cccc(F)c1)NCC1CC(=O)N(CCc2ccccc2)C1. The van der Waals surface area contributed by atoms with Gasteiger partial charge in [-0.15, -0.1) is 0 Å². The summed E-state index contributed by atoms with van der Waals surface area (Å²) >= 11 is 0. The van der Waals surface area contributed by atoms with Gasteiger partial charge in [-0.05, 0) is 36.6 Å². The van der Waals surface area contributed by atoms with E-state index in [1.807, 2.05) is 36.1 Å². The lowest BCUT2D eigenvalue weighted by molar-refractivity contribution is -0.127. The molecule has 0 spiro atoms. The van der Waals surface area contributed by atoms with E-state index in [9.17, 15) is 9.18 Å². The molecule has 1 saturated heterocycles. The first kappa shape index (κ1) is 20.8. The molecule has 1 atom stereocenters. The van der Waals surface area contributed by atoms with Crippen LogP contribution in [0, 0.1) is 11.7 Å². The fourth-order valence-corrected chi connectivity index (χ4v) is 3.50. The number of benzene rings is 2. The van der Waals surface area contributed by atoms with Crippen LogP contribution in [-0.2, 0) is 17.8 Å². The fraction of sp³-hybridized carbons (Fsp3) is 0.391. The Balaban J connectivity index is 1.48. The molecule has 1 unspecified atom stereocenters. The van der Waals surface area contributed by atoms with Gasteiger partial charge in [0.15, 0.2) is 5.96 Å². The van der Waals surface area contributed by atoms with Crippen LogP contribution < -0.4 is 10.6 Å². The summed E-state index contributed by atoms with van der Waals surface area (Å²) in [5.41, 5.74) is 2.08. The topological polar surface area (TPSA) is 56.7 Å². The van der Waals surface area contributed by atoms with Crippen molar-refractivity contribution in [1.29, 1.82) is 0 Å². The number of aliphatic imine (C=N–C) groups is 1. The summed E-state index contributed by atoms with van der Waals surface area (Å²) in [5, 5.41) is 6.54. The van der Waals surface area contributed by atoms with Gasteiger partial charge in [0.1, 0.15) is 5.82 Å². The number of hydrogen-bond donors (Lipinski definition) is 2. The second-order valence-electron chi connectivity index (χ2n) is 7.35. The molecule has 0 bridgehead atoms. The summed E-state index contributed by atoms with van der Waals surface area (Å²) < 4.78 is 13.3. The van der Waals surface area contributed by atoms with Crippen LogP contribution in [0.25, 0.3) is 0 Å². The maximum absolute atomic E-state index is 13.3. The summed E-state index contributed by atoms with van der Waals surface area (Å²) in [7, 11) is 0. The number of nitrogens with zero attached hydrogens (tertiary/aromatic N) is 2. The predicted octanol–water partition coefficient (Wildman–Crippen LogP) is 2.97. The molecule has 1 aliphatic heterocycles. The van der Waals surface area contributed by atoms with Crippen LogP contribution in [0.5, 0.6) is 0 Å². The van der Waals surface area contributed by atoms with Crippen LogP contribution in [-0.4, -0.2) is 42.9 Å².